The first kappa shape index (κ1) is 20.6. The van der Waals surface area contributed by atoms with E-state index in [1.807, 2.05) is 75.4 Å². The maximum absolute atomic E-state index is 12.7. The number of fused-ring (bicyclic) bond motifs is 1. The largest absolute Gasteiger partial charge is 0.353 e. The van der Waals surface area contributed by atoms with Crippen molar-refractivity contribution in [1.29, 1.82) is 0 Å². The third-order valence-electron chi connectivity index (χ3n) is 4.95. The number of nitrogens with one attached hydrogen (secondary N) is 2. The topological polar surface area (TPSA) is 76.0 Å². The molecule has 6 nitrogen and oxygen atoms in total. The number of nitrogens with zero attached hydrogens (tertiary/aromatic N) is 2. The van der Waals surface area contributed by atoms with Crippen molar-refractivity contribution in [3.63, 3.8) is 0 Å². The molecule has 0 saturated heterocycles. The van der Waals surface area contributed by atoms with Crippen molar-refractivity contribution in [1.82, 2.24) is 20.2 Å². The fraction of sp³-hybridized carbons (Fsp3) is 0.348. The quantitative estimate of drug-likeness (QED) is 0.619. The lowest BCUT2D eigenvalue weighted by molar-refractivity contribution is -0.129. The van der Waals surface area contributed by atoms with Crippen molar-refractivity contribution in [2.45, 2.75) is 39.8 Å². The molecule has 1 atom stereocenters. The summed E-state index contributed by atoms with van der Waals surface area (Å²) in [5.74, 6) is 0.590. The number of aryl methyl sites for hydroxylation is 1. The summed E-state index contributed by atoms with van der Waals surface area (Å²) in [7, 11) is 0. The van der Waals surface area contributed by atoms with Gasteiger partial charge in [0.2, 0.25) is 11.8 Å². The van der Waals surface area contributed by atoms with Crippen LogP contribution in [-0.2, 0) is 22.6 Å². The minimum Gasteiger partial charge on any atom is -0.353 e. The number of carbonyl (C=O) groups excluding carboxylic acids is 2. The molecule has 29 heavy (non-hydrogen) atoms. The van der Waals surface area contributed by atoms with Crippen molar-refractivity contribution in [2.24, 2.45) is 5.92 Å². The monoisotopic (exact) mass is 392 g/mol. The van der Waals surface area contributed by atoms with Gasteiger partial charge in [-0.25, -0.2) is 4.98 Å². The molecule has 0 fully saturated rings. The fourth-order valence-electron chi connectivity index (χ4n) is 3.42. The third-order valence-corrected chi connectivity index (χ3v) is 4.95. The van der Waals surface area contributed by atoms with Gasteiger partial charge in [-0.15, -0.1) is 0 Å². The number of hydrogen-bond donors (Lipinski definition) is 2. The lowest BCUT2D eigenvalue weighted by Crippen LogP contribution is -2.50. The zero-order valence-corrected chi connectivity index (χ0v) is 17.2. The summed E-state index contributed by atoms with van der Waals surface area (Å²) in [5, 5.41) is 5.84. The Morgan fingerprint density at radius 2 is 1.72 bits per heavy atom. The van der Waals surface area contributed by atoms with Crippen LogP contribution in [-0.4, -0.2) is 34.0 Å². The molecule has 2 amide bonds. The standard InChI is InChI=1S/C23H28N4O2/c1-16(2)22(26-21(28)15-18-9-5-4-6-10-18)23(29)24-13-14-27-17(3)25-19-11-7-8-12-20(19)27/h4-12,16,22H,13-15H2,1-3H3,(H,24,29)(H,26,28)/t22-/m0/s1. The highest BCUT2D eigenvalue weighted by Crippen LogP contribution is 2.14. The molecule has 0 saturated carbocycles. The summed E-state index contributed by atoms with van der Waals surface area (Å²) < 4.78 is 2.09. The molecule has 2 aromatic carbocycles. The molecule has 1 heterocycles. The average molecular weight is 393 g/mol. The van der Waals surface area contributed by atoms with Crippen molar-refractivity contribution < 1.29 is 9.59 Å². The van der Waals surface area contributed by atoms with Gasteiger partial charge in [0.25, 0.3) is 0 Å². The number of para-hydroxylation sites is 2. The molecule has 0 aliphatic rings. The van der Waals surface area contributed by atoms with Crippen LogP contribution in [0.15, 0.2) is 54.6 Å². The van der Waals surface area contributed by atoms with Gasteiger partial charge in [0.15, 0.2) is 0 Å². The summed E-state index contributed by atoms with van der Waals surface area (Å²) in [4.78, 5) is 29.6. The summed E-state index contributed by atoms with van der Waals surface area (Å²) >= 11 is 0. The van der Waals surface area contributed by atoms with Crippen molar-refractivity contribution in [2.75, 3.05) is 6.54 Å². The maximum atomic E-state index is 12.7. The summed E-state index contributed by atoms with van der Waals surface area (Å²) in [6.45, 7) is 6.92. The molecule has 1 aromatic heterocycles. The molecule has 6 heteroatoms. The Labute approximate surface area is 171 Å². The second-order valence-corrected chi connectivity index (χ2v) is 7.54. The average Bonchev–Trinajstić information content (AvgIpc) is 3.02. The minimum absolute atomic E-state index is 0.00876. The van der Waals surface area contributed by atoms with E-state index in [0.717, 1.165) is 22.4 Å². The molecule has 3 rings (SSSR count). The first-order valence-electron chi connectivity index (χ1n) is 9.98. The first-order chi connectivity index (χ1) is 14.0. The molecular formula is C23H28N4O2. The van der Waals surface area contributed by atoms with E-state index in [2.05, 4.69) is 20.2 Å². The second-order valence-electron chi connectivity index (χ2n) is 7.54. The van der Waals surface area contributed by atoms with Crippen molar-refractivity contribution in [3.8, 4) is 0 Å². The van der Waals surface area contributed by atoms with Gasteiger partial charge in [-0.2, -0.15) is 0 Å². The number of amides is 2. The predicted octanol–water partition coefficient (Wildman–Crippen LogP) is 2.84. The number of benzene rings is 2. The van der Waals surface area contributed by atoms with Gasteiger partial charge in [-0.3, -0.25) is 9.59 Å². The highest BCUT2D eigenvalue weighted by atomic mass is 16.2. The number of aromatic nitrogens is 2. The summed E-state index contributed by atoms with van der Waals surface area (Å²) in [6, 6.07) is 16.9. The first-order valence-corrected chi connectivity index (χ1v) is 9.98. The number of hydrogen-bond acceptors (Lipinski definition) is 3. The maximum Gasteiger partial charge on any atom is 0.242 e. The Hall–Kier alpha value is -3.15. The van der Waals surface area contributed by atoms with Gasteiger partial charge in [0.1, 0.15) is 11.9 Å². The Bertz CT molecular complexity index is 979. The van der Waals surface area contributed by atoms with E-state index < -0.39 is 6.04 Å². The van der Waals surface area contributed by atoms with E-state index in [-0.39, 0.29) is 24.2 Å². The molecule has 0 bridgehead atoms. The SMILES string of the molecule is Cc1nc2ccccc2n1CCNC(=O)[C@@H](NC(=O)Cc1ccccc1)C(C)C. The smallest absolute Gasteiger partial charge is 0.242 e. The molecule has 0 aliphatic heterocycles. The Morgan fingerprint density at radius 1 is 1.03 bits per heavy atom. The Balaban J connectivity index is 1.56. The van der Waals surface area contributed by atoms with Gasteiger partial charge in [0.05, 0.1) is 17.5 Å². The number of rotatable bonds is 8. The van der Waals surface area contributed by atoms with Gasteiger partial charge >= 0.3 is 0 Å². The minimum atomic E-state index is -0.563. The van der Waals surface area contributed by atoms with Crippen LogP contribution in [0.2, 0.25) is 0 Å². The van der Waals surface area contributed by atoms with E-state index in [1.165, 1.54) is 0 Å². The molecular weight excluding hydrogens is 364 g/mol. The van der Waals surface area contributed by atoms with Gasteiger partial charge < -0.3 is 15.2 Å². The van der Waals surface area contributed by atoms with E-state index in [9.17, 15) is 9.59 Å². The molecule has 0 spiro atoms. The van der Waals surface area contributed by atoms with Crippen LogP contribution < -0.4 is 10.6 Å². The normalized spacial score (nSPS) is 12.1. The van der Waals surface area contributed by atoms with Crippen LogP contribution >= 0.6 is 0 Å². The van der Waals surface area contributed by atoms with Crippen LogP contribution in [0.4, 0.5) is 0 Å². The zero-order valence-electron chi connectivity index (χ0n) is 17.2. The molecule has 2 N–H and O–H groups in total. The van der Waals surface area contributed by atoms with E-state index >= 15 is 0 Å². The zero-order chi connectivity index (χ0) is 20.8. The molecule has 3 aromatic rings. The molecule has 152 valence electrons. The lowest BCUT2D eigenvalue weighted by atomic mass is 10.0. The van der Waals surface area contributed by atoms with Crippen LogP contribution in [0.3, 0.4) is 0 Å². The second kappa shape index (κ2) is 9.37. The van der Waals surface area contributed by atoms with Gasteiger partial charge in [0, 0.05) is 13.1 Å². The van der Waals surface area contributed by atoms with Crippen LogP contribution in [0.1, 0.15) is 25.2 Å². The van der Waals surface area contributed by atoms with Crippen LogP contribution in [0.25, 0.3) is 11.0 Å². The van der Waals surface area contributed by atoms with E-state index in [4.69, 9.17) is 0 Å². The predicted molar refractivity (Wildman–Crippen MR) is 114 cm³/mol. The molecule has 0 radical (unpaired) electrons. The van der Waals surface area contributed by atoms with Crippen LogP contribution in [0.5, 0.6) is 0 Å². The van der Waals surface area contributed by atoms with E-state index in [0.29, 0.717) is 13.1 Å². The Kier molecular flexibility index (Phi) is 6.65. The highest BCUT2D eigenvalue weighted by Gasteiger charge is 2.24. The van der Waals surface area contributed by atoms with E-state index in [1.54, 1.807) is 0 Å². The molecule has 0 unspecified atom stereocenters. The van der Waals surface area contributed by atoms with Crippen LogP contribution in [0, 0.1) is 12.8 Å². The van der Waals surface area contributed by atoms with Gasteiger partial charge in [-0.05, 0) is 30.5 Å². The van der Waals surface area contributed by atoms with Crippen molar-refractivity contribution >= 4 is 22.8 Å². The third kappa shape index (κ3) is 5.22. The Morgan fingerprint density at radius 3 is 2.45 bits per heavy atom. The highest BCUT2D eigenvalue weighted by molar-refractivity contribution is 5.88. The number of imidazole rings is 1. The van der Waals surface area contributed by atoms with Gasteiger partial charge in [-0.1, -0.05) is 56.3 Å². The van der Waals surface area contributed by atoms with Crippen molar-refractivity contribution in [3.05, 3.63) is 66.0 Å². The number of carbonyl (C=O) groups is 2. The summed E-state index contributed by atoms with van der Waals surface area (Å²) in [5.41, 5.74) is 2.93. The molecule has 0 aliphatic carbocycles. The fourth-order valence-corrected chi connectivity index (χ4v) is 3.42. The summed E-state index contributed by atoms with van der Waals surface area (Å²) in [6.07, 6.45) is 0.261. The lowest BCUT2D eigenvalue weighted by Gasteiger charge is -2.22.